The Labute approximate surface area is 207 Å². The molecule has 0 atom stereocenters. The van der Waals surface area contributed by atoms with E-state index in [1.165, 1.54) is 30.6 Å². The first-order valence-corrected chi connectivity index (χ1v) is 13.7. The number of oxime groups is 1. The number of benzene rings is 1. The molecule has 4 rings (SSSR count). The van der Waals surface area contributed by atoms with E-state index in [2.05, 4.69) is 20.4 Å². The fourth-order valence-electron chi connectivity index (χ4n) is 3.72. The number of anilines is 2. The highest BCUT2D eigenvalue weighted by molar-refractivity contribution is 7.91. The molecule has 1 aliphatic carbocycles. The van der Waals surface area contributed by atoms with E-state index in [0.29, 0.717) is 39.9 Å². The van der Waals surface area contributed by atoms with Crippen molar-refractivity contribution >= 4 is 54.1 Å². The van der Waals surface area contributed by atoms with E-state index >= 15 is 0 Å². The zero-order valence-electron chi connectivity index (χ0n) is 19.3. The van der Waals surface area contributed by atoms with Crippen LogP contribution in [0.1, 0.15) is 37.7 Å². The lowest BCUT2D eigenvalue weighted by atomic mass is 10.1. The number of carbonyl (C=O) groups excluding carboxylic acids is 1. The second-order valence-corrected chi connectivity index (χ2v) is 11.3. The average Bonchev–Trinajstić information content (AvgIpc) is 3.49. The second-order valence-electron chi connectivity index (χ2n) is 8.17. The smallest absolute Gasteiger partial charge is 0.280 e. The number of hydrogen-bond donors (Lipinski definition) is 2. The summed E-state index contributed by atoms with van der Waals surface area (Å²) in [5, 5.41) is 7.26. The molecule has 3 aromatic rings. The van der Waals surface area contributed by atoms with Gasteiger partial charge in [0.1, 0.15) is 22.3 Å². The summed E-state index contributed by atoms with van der Waals surface area (Å²) in [5.41, 5.74) is 6.81. The van der Waals surface area contributed by atoms with Gasteiger partial charge < -0.3 is 15.3 Å². The number of nitrogens with zero attached hydrogens (tertiary/aromatic N) is 3. The molecule has 1 aliphatic rings. The average molecular weight is 518 g/mol. The zero-order valence-corrected chi connectivity index (χ0v) is 20.9. The third kappa shape index (κ3) is 6.32. The molecule has 35 heavy (non-hydrogen) atoms. The van der Waals surface area contributed by atoms with Crippen LogP contribution >= 0.6 is 11.3 Å². The number of sulfone groups is 1. The highest BCUT2D eigenvalue weighted by Crippen LogP contribution is 2.26. The Bertz CT molecular complexity index is 1320. The van der Waals surface area contributed by atoms with E-state index in [-0.39, 0.29) is 22.5 Å². The van der Waals surface area contributed by atoms with Gasteiger partial charge in [0.15, 0.2) is 20.7 Å². The van der Waals surface area contributed by atoms with Crippen molar-refractivity contribution in [2.24, 2.45) is 5.16 Å². The van der Waals surface area contributed by atoms with Gasteiger partial charge >= 0.3 is 0 Å². The number of methoxy groups -OCH3 is 1. The number of aromatic nitrogens is 2. The van der Waals surface area contributed by atoms with E-state index in [1.807, 2.05) is 0 Å². The van der Waals surface area contributed by atoms with E-state index in [1.54, 1.807) is 24.3 Å². The van der Waals surface area contributed by atoms with Gasteiger partial charge in [-0.05, 0) is 56.4 Å². The monoisotopic (exact) mass is 517 g/mol. The lowest BCUT2D eigenvalue weighted by molar-refractivity contribution is -0.110. The van der Waals surface area contributed by atoms with Gasteiger partial charge in [0.25, 0.3) is 5.91 Å². The van der Waals surface area contributed by atoms with Gasteiger partial charge in [0.2, 0.25) is 0 Å². The molecule has 0 aliphatic heterocycles. The Hall–Kier alpha value is -3.09. The third-order valence-electron chi connectivity index (χ3n) is 5.56. The normalized spacial score (nSPS) is 14.9. The Balaban J connectivity index is 1.57. The molecule has 1 fully saturated rings. The highest BCUT2D eigenvalue weighted by Gasteiger charge is 2.22. The molecule has 1 aromatic carbocycles. The van der Waals surface area contributed by atoms with Crippen molar-refractivity contribution in [3.63, 3.8) is 0 Å². The van der Waals surface area contributed by atoms with Crippen LogP contribution in [0.2, 0.25) is 0 Å². The number of hydrogen-bond acceptors (Lipinski definition) is 10. The van der Waals surface area contributed by atoms with Crippen molar-refractivity contribution < 1.29 is 22.8 Å². The summed E-state index contributed by atoms with van der Waals surface area (Å²) in [6.07, 6.45) is 4.21. The van der Waals surface area contributed by atoms with Crippen molar-refractivity contribution in [2.45, 2.75) is 43.1 Å². The molecule has 0 unspecified atom stereocenters. The minimum Gasteiger partial charge on any atom is -0.392 e. The first-order chi connectivity index (χ1) is 16.9. The molecule has 1 amide bonds. The number of nitrogens with one attached hydrogen (secondary N) is 1. The molecule has 0 saturated heterocycles. The van der Waals surface area contributed by atoms with Crippen molar-refractivity contribution in [3.05, 3.63) is 42.0 Å². The van der Waals surface area contributed by atoms with Crippen molar-refractivity contribution in [2.75, 3.05) is 30.5 Å². The summed E-state index contributed by atoms with van der Waals surface area (Å²) >= 11 is 1.19. The Morgan fingerprint density at radius 2 is 1.91 bits per heavy atom. The maximum Gasteiger partial charge on any atom is 0.280 e. The van der Waals surface area contributed by atoms with Gasteiger partial charge in [0.05, 0.1) is 10.6 Å². The topological polar surface area (TPSA) is 146 Å². The van der Waals surface area contributed by atoms with Crippen LogP contribution in [0, 0.1) is 0 Å². The Morgan fingerprint density at radius 3 is 2.63 bits per heavy atom. The molecule has 0 bridgehead atoms. The lowest BCUT2D eigenvalue weighted by Gasteiger charge is -2.11. The molecule has 2 aromatic heterocycles. The van der Waals surface area contributed by atoms with Crippen LogP contribution in [-0.2, 0) is 24.2 Å². The molecule has 1 saturated carbocycles. The maximum atomic E-state index is 13.2. The van der Waals surface area contributed by atoms with Crippen LogP contribution in [-0.4, -0.2) is 55.6 Å². The molecule has 0 radical (unpaired) electrons. The molecule has 10 nitrogen and oxygen atoms in total. The number of thiazole rings is 1. The number of carbonyl (C=O) groups is 1. The summed E-state index contributed by atoms with van der Waals surface area (Å²) in [7, 11) is -1.94. The maximum absolute atomic E-state index is 13.2. The third-order valence-corrected chi connectivity index (χ3v) is 8.25. The first-order valence-electron chi connectivity index (χ1n) is 11.3. The van der Waals surface area contributed by atoms with Crippen LogP contribution in [0.5, 0.6) is 0 Å². The predicted octanol–water partition coefficient (Wildman–Crippen LogP) is 3.39. The molecular formula is C23H27N5O5S2. The summed E-state index contributed by atoms with van der Waals surface area (Å²) in [5.74, 6) is -0.183. The van der Waals surface area contributed by atoms with Gasteiger partial charge in [-0.3, -0.25) is 10.1 Å². The summed E-state index contributed by atoms with van der Waals surface area (Å²) < 4.78 is 30.1. The minimum absolute atomic E-state index is 0.0252. The lowest BCUT2D eigenvalue weighted by Crippen LogP contribution is -2.25. The van der Waals surface area contributed by atoms with Gasteiger partial charge in [0, 0.05) is 19.3 Å². The quantitative estimate of drug-likeness (QED) is 0.236. The van der Waals surface area contributed by atoms with Crippen LogP contribution < -0.4 is 11.1 Å². The molecule has 2 heterocycles. The highest BCUT2D eigenvalue weighted by atomic mass is 32.2. The zero-order chi connectivity index (χ0) is 24.8. The van der Waals surface area contributed by atoms with Crippen molar-refractivity contribution in [1.29, 1.82) is 0 Å². The fourth-order valence-corrected chi connectivity index (χ4v) is 5.84. The van der Waals surface area contributed by atoms with Crippen LogP contribution in [0.3, 0.4) is 0 Å². The predicted molar refractivity (Wildman–Crippen MR) is 135 cm³/mol. The molecule has 12 heteroatoms. The van der Waals surface area contributed by atoms with E-state index in [4.69, 9.17) is 15.3 Å². The van der Waals surface area contributed by atoms with Gasteiger partial charge in [-0.2, -0.15) is 0 Å². The fraction of sp³-hybridized carbons (Fsp3) is 0.391. The number of ether oxygens (including phenoxy) is 1. The number of amides is 1. The SMILES string of the molecule is COCCCS(=O)(=O)c1ccc(C(=NOC2CCCC2)C(=O)Nc2nc3ccc(N)nc3s2)cc1. The van der Waals surface area contributed by atoms with Crippen molar-refractivity contribution in [3.8, 4) is 0 Å². The number of rotatable bonds is 10. The minimum atomic E-state index is -3.46. The van der Waals surface area contributed by atoms with Crippen LogP contribution in [0.4, 0.5) is 10.9 Å². The standard InChI is InChI=1S/C23H27N5O5S2/c1-32-13-4-14-35(30,31)17-9-7-15(8-10-17)20(28-33-16-5-2-3-6-16)21(29)27-23-25-18-11-12-19(24)26-22(18)34-23/h7-12,16H,2-6,13-14H2,1H3,(H2,24,26)(H,25,27,29). The molecule has 0 spiro atoms. The molecule has 3 N–H and O–H groups in total. The van der Waals surface area contributed by atoms with Crippen LogP contribution in [0.15, 0.2) is 46.4 Å². The molecular weight excluding hydrogens is 490 g/mol. The second kappa shape index (κ2) is 11.1. The van der Waals surface area contributed by atoms with E-state index in [0.717, 1.165) is 25.7 Å². The van der Waals surface area contributed by atoms with Gasteiger partial charge in [-0.1, -0.05) is 28.6 Å². The number of pyridine rings is 1. The Kier molecular flexibility index (Phi) is 7.93. The van der Waals surface area contributed by atoms with E-state index in [9.17, 15) is 13.2 Å². The number of nitrogen functional groups attached to an aromatic ring is 1. The first kappa shape index (κ1) is 25.0. The molecule has 186 valence electrons. The largest absolute Gasteiger partial charge is 0.392 e. The van der Waals surface area contributed by atoms with Gasteiger partial charge in [-0.15, -0.1) is 0 Å². The number of nitrogens with two attached hydrogens (primary N) is 1. The summed E-state index contributed by atoms with van der Waals surface area (Å²) in [4.78, 5) is 28.2. The van der Waals surface area contributed by atoms with Crippen LogP contribution in [0.25, 0.3) is 10.3 Å². The Morgan fingerprint density at radius 1 is 1.17 bits per heavy atom. The van der Waals surface area contributed by atoms with Gasteiger partial charge in [-0.25, -0.2) is 18.4 Å². The summed E-state index contributed by atoms with van der Waals surface area (Å²) in [6.45, 7) is 0.362. The van der Waals surface area contributed by atoms with Crippen molar-refractivity contribution in [1.82, 2.24) is 9.97 Å². The summed E-state index contributed by atoms with van der Waals surface area (Å²) in [6, 6.07) is 9.43. The van der Waals surface area contributed by atoms with E-state index < -0.39 is 15.7 Å². The number of fused-ring (bicyclic) bond motifs is 1.